The molecule has 0 aliphatic rings. The second-order valence-electron chi connectivity index (χ2n) is 3.48. The van der Waals surface area contributed by atoms with Crippen LogP contribution >= 0.6 is 0 Å². The molecule has 1 rings (SSSR count). The third kappa shape index (κ3) is 2.87. The summed E-state index contributed by atoms with van der Waals surface area (Å²) in [4.78, 5) is 10.8. The van der Waals surface area contributed by atoms with Gasteiger partial charge in [0.2, 0.25) is 0 Å². The van der Waals surface area contributed by atoms with Crippen LogP contribution in [0.5, 0.6) is 11.5 Å². The number of phenolic OH excluding ortho intramolecular Hbond substituents is 1. The third-order valence-electron chi connectivity index (χ3n) is 2.36. The van der Waals surface area contributed by atoms with Gasteiger partial charge in [-0.3, -0.25) is 4.79 Å². The number of hydrogen-bond donors (Lipinski definition) is 3. The molecule has 5 heteroatoms. The number of aromatic hydroxyl groups is 1. The van der Waals surface area contributed by atoms with Gasteiger partial charge >= 0.3 is 5.97 Å². The Morgan fingerprint density at radius 3 is 2.69 bits per heavy atom. The van der Waals surface area contributed by atoms with Gasteiger partial charge in [-0.2, -0.15) is 0 Å². The van der Waals surface area contributed by atoms with Gasteiger partial charge in [0.1, 0.15) is 0 Å². The average molecular weight is 225 g/mol. The van der Waals surface area contributed by atoms with Crippen molar-refractivity contribution in [2.75, 3.05) is 13.7 Å². The van der Waals surface area contributed by atoms with E-state index >= 15 is 0 Å². The molecular formula is C11H15NO4. The molecule has 5 nitrogen and oxygen atoms in total. The second-order valence-corrected chi connectivity index (χ2v) is 3.48. The molecule has 0 saturated carbocycles. The van der Waals surface area contributed by atoms with Crippen LogP contribution in [0.4, 0.5) is 0 Å². The number of hydrogen-bond acceptors (Lipinski definition) is 4. The Morgan fingerprint density at radius 2 is 2.25 bits per heavy atom. The van der Waals surface area contributed by atoms with Gasteiger partial charge in [0.05, 0.1) is 13.0 Å². The first-order valence-corrected chi connectivity index (χ1v) is 4.87. The van der Waals surface area contributed by atoms with E-state index in [0.29, 0.717) is 12.2 Å². The fourth-order valence-corrected chi connectivity index (χ4v) is 1.42. The lowest BCUT2D eigenvalue weighted by Gasteiger charge is -2.10. The van der Waals surface area contributed by atoms with Crippen molar-refractivity contribution in [2.45, 2.75) is 6.42 Å². The van der Waals surface area contributed by atoms with Crippen LogP contribution in [0.2, 0.25) is 0 Å². The van der Waals surface area contributed by atoms with E-state index in [9.17, 15) is 9.90 Å². The summed E-state index contributed by atoms with van der Waals surface area (Å²) in [7, 11) is 1.45. The molecule has 0 aliphatic carbocycles. The number of carbonyl (C=O) groups is 1. The Kier molecular flexibility index (Phi) is 4.13. The average Bonchev–Trinajstić information content (AvgIpc) is 2.25. The number of nitrogens with two attached hydrogens (primary N) is 1. The quantitative estimate of drug-likeness (QED) is 0.682. The summed E-state index contributed by atoms with van der Waals surface area (Å²) < 4.78 is 4.89. The lowest BCUT2D eigenvalue weighted by molar-refractivity contribution is -0.141. The highest BCUT2D eigenvalue weighted by Gasteiger charge is 2.16. The van der Waals surface area contributed by atoms with Crippen LogP contribution in [0.25, 0.3) is 0 Å². The lowest BCUT2D eigenvalue weighted by atomic mass is 9.99. The maximum Gasteiger partial charge on any atom is 0.308 e. The SMILES string of the molecule is COc1ccc(C[C@@H](CN)C(=O)O)cc1O. The van der Waals surface area contributed by atoms with Gasteiger partial charge in [0.25, 0.3) is 0 Å². The first-order valence-electron chi connectivity index (χ1n) is 4.87. The molecular weight excluding hydrogens is 210 g/mol. The number of aliphatic carboxylic acids is 1. The summed E-state index contributed by atoms with van der Waals surface area (Å²) in [6.07, 6.45) is 0.295. The van der Waals surface area contributed by atoms with Crippen molar-refractivity contribution in [3.8, 4) is 11.5 Å². The van der Waals surface area contributed by atoms with Crippen LogP contribution in [0.15, 0.2) is 18.2 Å². The van der Waals surface area contributed by atoms with Crippen LogP contribution in [0.1, 0.15) is 5.56 Å². The Hall–Kier alpha value is -1.75. The van der Waals surface area contributed by atoms with Gasteiger partial charge < -0.3 is 20.7 Å². The summed E-state index contributed by atoms with van der Waals surface area (Å²) in [6.45, 7) is 0.0716. The first-order chi connectivity index (χ1) is 7.58. The van der Waals surface area contributed by atoms with Crippen LogP contribution in [-0.2, 0) is 11.2 Å². The van der Waals surface area contributed by atoms with Gasteiger partial charge in [0.15, 0.2) is 11.5 Å². The van der Waals surface area contributed by atoms with Gasteiger partial charge in [-0.15, -0.1) is 0 Å². The summed E-state index contributed by atoms with van der Waals surface area (Å²) in [5, 5.41) is 18.3. The van der Waals surface area contributed by atoms with Crippen molar-refractivity contribution in [3.05, 3.63) is 23.8 Å². The number of ether oxygens (including phenoxy) is 1. The molecule has 0 amide bonds. The molecule has 0 fully saturated rings. The molecule has 0 unspecified atom stereocenters. The van der Waals surface area contributed by atoms with Crippen LogP contribution in [-0.4, -0.2) is 29.8 Å². The van der Waals surface area contributed by atoms with E-state index < -0.39 is 11.9 Å². The maximum absolute atomic E-state index is 10.8. The molecule has 0 aliphatic heterocycles. The summed E-state index contributed by atoms with van der Waals surface area (Å²) in [6, 6.07) is 4.80. The summed E-state index contributed by atoms with van der Waals surface area (Å²) in [5.74, 6) is -1.20. The van der Waals surface area contributed by atoms with Crippen LogP contribution in [0.3, 0.4) is 0 Å². The monoisotopic (exact) mass is 225 g/mol. The highest BCUT2D eigenvalue weighted by atomic mass is 16.5. The number of phenols is 1. The molecule has 1 aromatic carbocycles. The molecule has 0 heterocycles. The molecule has 88 valence electrons. The fraction of sp³-hybridized carbons (Fsp3) is 0.364. The minimum Gasteiger partial charge on any atom is -0.504 e. The largest absolute Gasteiger partial charge is 0.504 e. The second kappa shape index (κ2) is 5.37. The Bertz CT molecular complexity index is 378. The van der Waals surface area contributed by atoms with Crippen molar-refractivity contribution in [2.24, 2.45) is 11.7 Å². The Balaban J connectivity index is 2.81. The van der Waals surface area contributed by atoms with Gasteiger partial charge in [-0.25, -0.2) is 0 Å². The number of carboxylic acid groups (broad SMARTS) is 1. The molecule has 0 saturated heterocycles. The first kappa shape index (κ1) is 12.3. The van der Waals surface area contributed by atoms with E-state index in [-0.39, 0.29) is 12.3 Å². The standard InChI is InChI=1S/C11H15NO4/c1-16-10-3-2-7(5-9(10)13)4-8(6-12)11(14)15/h2-3,5,8,13H,4,6,12H2,1H3,(H,14,15)/t8-/m0/s1. The van der Waals surface area contributed by atoms with E-state index in [1.165, 1.54) is 13.2 Å². The van der Waals surface area contributed by atoms with Gasteiger partial charge in [-0.05, 0) is 24.1 Å². The van der Waals surface area contributed by atoms with Crippen molar-refractivity contribution in [3.63, 3.8) is 0 Å². The number of rotatable bonds is 5. The topological polar surface area (TPSA) is 92.8 Å². The predicted octanol–water partition coefficient (Wildman–Crippen LogP) is 0.603. The van der Waals surface area contributed by atoms with E-state index in [1.807, 2.05) is 0 Å². The van der Waals surface area contributed by atoms with Crippen LogP contribution in [0, 0.1) is 5.92 Å². The maximum atomic E-state index is 10.8. The zero-order valence-electron chi connectivity index (χ0n) is 9.01. The Labute approximate surface area is 93.5 Å². The smallest absolute Gasteiger partial charge is 0.308 e. The van der Waals surface area contributed by atoms with E-state index in [1.54, 1.807) is 12.1 Å². The predicted molar refractivity (Wildman–Crippen MR) is 58.5 cm³/mol. The molecule has 0 aromatic heterocycles. The molecule has 1 aromatic rings. The van der Waals surface area contributed by atoms with E-state index in [4.69, 9.17) is 15.6 Å². The molecule has 16 heavy (non-hydrogen) atoms. The zero-order chi connectivity index (χ0) is 12.1. The van der Waals surface area contributed by atoms with Crippen LogP contribution < -0.4 is 10.5 Å². The normalized spacial score (nSPS) is 12.1. The van der Waals surface area contributed by atoms with Gasteiger partial charge in [0, 0.05) is 6.54 Å². The van der Waals surface area contributed by atoms with Crippen molar-refractivity contribution < 1.29 is 19.7 Å². The third-order valence-corrected chi connectivity index (χ3v) is 2.36. The highest BCUT2D eigenvalue weighted by Crippen LogP contribution is 2.27. The lowest BCUT2D eigenvalue weighted by Crippen LogP contribution is -2.25. The summed E-state index contributed by atoms with van der Waals surface area (Å²) in [5.41, 5.74) is 6.07. The highest BCUT2D eigenvalue weighted by molar-refractivity contribution is 5.70. The van der Waals surface area contributed by atoms with Crippen molar-refractivity contribution in [1.82, 2.24) is 0 Å². The van der Waals surface area contributed by atoms with E-state index in [0.717, 1.165) is 5.56 Å². The molecule has 0 spiro atoms. The Morgan fingerprint density at radius 1 is 1.56 bits per heavy atom. The van der Waals surface area contributed by atoms with Gasteiger partial charge in [-0.1, -0.05) is 6.07 Å². The molecule has 4 N–H and O–H groups in total. The number of methoxy groups -OCH3 is 1. The number of benzene rings is 1. The fourth-order valence-electron chi connectivity index (χ4n) is 1.42. The minimum absolute atomic E-state index is 0.00107. The zero-order valence-corrected chi connectivity index (χ0v) is 9.01. The minimum atomic E-state index is -0.933. The molecule has 0 radical (unpaired) electrons. The van der Waals surface area contributed by atoms with Crippen molar-refractivity contribution >= 4 is 5.97 Å². The molecule has 0 bridgehead atoms. The van der Waals surface area contributed by atoms with Crippen molar-refractivity contribution in [1.29, 1.82) is 0 Å². The number of carboxylic acids is 1. The summed E-state index contributed by atoms with van der Waals surface area (Å²) >= 11 is 0. The van der Waals surface area contributed by atoms with E-state index in [2.05, 4.69) is 0 Å². The molecule has 1 atom stereocenters.